The number of carbonyl (C=O) groups is 2. The molecule has 2 aliphatic rings. The summed E-state index contributed by atoms with van der Waals surface area (Å²) >= 11 is 0. The van der Waals surface area contributed by atoms with Gasteiger partial charge in [0.2, 0.25) is 12.6 Å². The standard InChI is InChI=1S/C25H16N2O6/c28-23(20-11-14-5-1-2-7-17(14)33-20)21-22(16-6-3-4-10-26-16)27(25(30)24(21)29)15-8-9-18-19(12-15)32-13-31-18/h1-12,22,29H,13H2. The molecular weight excluding hydrogens is 424 g/mol. The zero-order valence-electron chi connectivity index (χ0n) is 17.1. The molecule has 0 aliphatic carbocycles. The van der Waals surface area contributed by atoms with E-state index >= 15 is 0 Å². The van der Waals surface area contributed by atoms with Crippen molar-refractivity contribution < 1.29 is 28.6 Å². The second-order valence-corrected chi connectivity index (χ2v) is 7.61. The van der Waals surface area contributed by atoms with Gasteiger partial charge < -0.3 is 19.0 Å². The molecule has 0 saturated heterocycles. The Morgan fingerprint density at radius 1 is 1.00 bits per heavy atom. The molecule has 6 rings (SSSR count). The highest BCUT2D eigenvalue weighted by Gasteiger charge is 2.46. The number of benzene rings is 2. The van der Waals surface area contributed by atoms with Gasteiger partial charge in [0.15, 0.2) is 23.0 Å². The topological polar surface area (TPSA) is 102 Å². The fourth-order valence-electron chi connectivity index (χ4n) is 4.18. The van der Waals surface area contributed by atoms with Crippen LogP contribution in [0.4, 0.5) is 5.69 Å². The summed E-state index contributed by atoms with van der Waals surface area (Å²) in [6, 6.07) is 18.0. The normalized spacial score (nSPS) is 17.3. The molecule has 0 fully saturated rings. The molecule has 2 aliphatic heterocycles. The summed E-state index contributed by atoms with van der Waals surface area (Å²) in [7, 11) is 0. The van der Waals surface area contributed by atoms with Crippen LogP contribution in [0.3, 0.4) is 0 Å². The van der Waals surface area contributed by atoms with Crippen molar-refractivity contribution in [3.05, 3.63) is 95.7 Å². The lowest BCUT2D eigenvalue weighted by molar-refractivity contribution is -0.117. The fourth-order valence-corrected chi connectivity index (χ4v) is 4.18. The molecule has 8 heteroatoms. The molecule has 162 valence electrons. The number of aromatic nitrogens is 1. The molecule has 0 radical (unpaired) electrons. The van der Waals surface area contributed by atoms with Gasteiger partial charge in [0.05, 0.1) is 11.3 Å². The molecule has 0 spiro atoms. The summed E-state index contributed by atoms with van der Waals surface area (Å²) in [6.45, 7) is 0.0791. The second kappa shape index (κ2) is 7.23. The van der Waals surface area contributed by atoms with Crippen LogP contribution in [0.25, 0.3) is 11.0 Å². The van der Waals surface area contributed by atoms with Crippen molar-refractivity contribution in [2.75, 3.05) is 11.7 Å². The molecule has 1 amide bonds. The number of pyridine rings is 1. The average molecular weight is 440 g/mol. The Hall–Kier alpha value is -4.59. The number of hydrogen-bond donors (Lipinski definition) is 1. The van der Waals surface area contributed by atoms with Gasteiger partial charge in [-0.3, -0.25) is 19.5 Å². The van der Waals surface area contributed by atoms with Crippen molar-refractivity contribution in [1.29, 1.82) is 0 Å². The minimum Gasteiger partial charge on any atom is -0.503 e. The second-order valence-electron chi connectivity index (χ2n) is 7.61. The van der Waals surface area contributed by atoms with E-state index in [1.807, 2.05) is 12.1 Å². The predicted molar refractivity (Wildman–Crippen MR) is 117 cm³/mol. The van der Waals surface area contributed by atoms with E-state index in [9.17, 15) is 14.7 Å². The van der Waals surface area contributed by atoms with E-state index in [2.05, 4.69) is 4.98 Å². The number of fused-ring (bicyclic) bond motifs is 2. The minimum absolute atomic E-state index is 0.0269. The molecule has 4 heterocycles. The third-order valence-electron chi connectivity index (χ3n) is 5.70. The number of rotatable bonds is 4. The molecule has 0 bridgehead atoms. The number of anilines is 1. The van der Waals surface area contributed by atoms with Crippen molar-refractivity contribution in [2.45, 2.75) is 6.04 Å². The summed E-state index contributed by atoms with van der Waals surface area (Å²) in [4.78, 5) is 32.5. The van der Waals surface area contributed by atoms with Crippen molar-refractivity contribution in [2.24, 2.45) is 0 Å². The van der Waals surface area contributed by atoms with E-state index in [4.69, 9.17) is 13.9 Å². The Labute approximate surface area is 187 Å². The zero-order chi connectivity index (χ0) is 22.5. The zero-order valence-corrected chi connectivity index (χ0v) is 17.1. The molecule has 2 aromatic carbocycles. The molecule has 4 aromatic rings. The van der Waals surface area contributed by atoms with E-state index in [0.29, 0.717) is 28.5 Å². The highest BCUT2D eigenvalue weighted by molar-refractivity contribution is 6.20. The highest BCUT2D eigenvalue weighted by atomic mass is 16.7. The van der Waals surface area contributed by atoms with Crippen LogP contribution in [0, 0.1) is 0 Å². The van der Waals surface area contributed by atoms with Crippen molar-refractivity contribution in [3.63, 3.8) is 0 Å². The molecule has 1 N–H and O–H groups in total. The molecule has 1 unspecified atom stereocenters. The van der Waals surface area contributed by atoms with E-state index < -0.39 is 23.5 Å². The number of carbonyl (C=O) groups excluding carboxylic acids is 2. The van der Waals surface area contributed by atoms with Gasteiger partial charge in [-0.25, -0.2) is 0 Å². The van der Waals surface area contributed by atoms with Gasteiger partial charge in [-0.05, 0) is 36.4 Å². The number of aliphatic hydroxyl groups excluding tert-OH is 1. The first-order valence-corrected chi connectivity index (χ1v) is 10.2. The van der Waals surface area contributed by atoms with Crippen molar-refractivity contribution >= 4 is 28.3 Å². The third-order valence-corrected chi connectivity index (χ3v) is 5.70. The number of ether oxygens (including phenoxy) is 2. The van der Waals surface area contributed by atoms with E-state index in [1.165, 1.54) is 4.90 Å². The SMILES string of the molecule is O=C(C1=C(O)C(=O)N(c2ccc3c(c2)OCO3)C1c1ccccn1)c1cc2ccccc2o1. The number of aliphatic hydroxyl groups is 1. The minimum atomic E-state index is -0.959. The number of para-hydroxylation sites is 1. The number of amides is 1. The molecule has 2 aromatic heterocycles. The number of furan rings is 1. The van der Waals surface area contributed by atoms with Gasteiger partial charge in [-0.15, -0.1) is 0 Å². The largest absolute Gasteiger partial charge is 0.503 e. The van der Waals surface area contributed by atoms with Gasteiger partial charge in [0.25, 0.3) is 5.91 Å². The van der Waals surface area contributed by atoms with Crippen molar-refractivity contribution in [1.82, 2.24) is 4.98 Å². The fraction of sp³-hybridized carbons (Fsp3) is 0.0800. The number of ketones is 1. The van der Waals surface area contributed by atoms with Gasteiger partial charge in [-0.2, -0.15) is 0 Å². The molecule has 0 saturated carbocycles. The van der Waals surface area contributed by atoms with Crippen LogP contribution in [0.15, 0.2) is 88.7 Å². The number of nitrogens with zero attached hydrogens (tertiary/aromatic N) is 2. The van der Waals surface area contributed by atoms with Gasteiger partial charge >= 0.3 is 0 Å². The maximum Gasteiger partial charge on any atom is 0.294 e. The van der Waals surface area contributed by atoms with Crippen LogP contribution in [0.5, 0.6) is 11.5 Å². The molecule has 8 nitrogen and oxygen atoms in total. The van der Waals surface area contributed by atoms with E-state index in [1.54, 1.807) is 60.8 Å². The number of hydrogen-bond acceptors (Lipinski definition) is 7. The maximum atomic E-state index is 13.6. The molecule has 33 heavy (non-hydrogen) atoms. The summed E-state index contributed by atoms with van der Waals surface area (Å²) in [5.41, 5.74) is 1.29. The maximum absolute atomic E-state index is 13.6. The first kappa shape index (κ1) is 19.1. The predicted octanol–water partition coefficient (Wildman–Crippen LogP) is 4.34. The lowest BCUT2D eigenvalue weighted by Gasteiger charge is -2.26. The van der Waals surface area contributed by atoms with E-state index in [0.717, 1.165) is 5.39 Å². The lowest BCUT2D eigenvalue weighted by Crippen LogP contribution is -2.31. The highest BCUT2D eigenvalue weighted by Crippen LogP contribution is 2.44. The summed E-state index contributed by atoms with van der Waals surface area (Å²) in [5, 5.41) is 11.6. The smallest absolute Gasteiger partial charge is 0.294 e. The van der Waals surface area contributed by atoms with Crippen LogP contribution in [-0.2, 0) is 4.79 Å². The van der Waals surface area contributed by atoms with Crippen LogP contribution in [-0.4, -0.2) is 28.6 Å². The Morgan fingerprint density at radius 3 is 2.64 bits per heavy atom. The summed E-state index contributed by atoms with van der Waals surface area (Å²) in [6.07, 6.45) is 1.57. The van der Waals surface area contributed by atoms with Crippen molar-refractivity contribution in [3.8, 4) is 11.5 Å². The Bertz CT molecular complexity index is 1420. The molecule has 1 atom stereocenters. The number of Topliss-reactive ketones (excluding diaryl/α,β-unsaturated/α-hetero) is 1. The van der Waals surface area contributed by atoms with E-state index in [-0.39, 0.29) is 18.1 Å². The van der Waals surface area contributed by atoms with Crippen LogP contribution in [0.1, 0.15) is 22.3 Å². The summed E-state index contributed by atoms with van der Waals surface area (Å²) in [5.74, 6) is -0.903. The first-order valence-electron chi connectivity index (χ1n) is 10.2. The Morgan fingerprint density at radius 2 is 1.82 bits per heavy atom. The summed E-state index contributed by atoms with van der Waals surface area (Å²) < 4.78 is 16.5. The van der Waals surface area contributed by atoms with Gasteiger partial charge in [-0.1, -0.05) is 24.3 Å². The van der Waals surface area contributed by atoms with Crippen LogP contribution < -0.4 is 14.4 Å². The Kier molecular flexibility index (Phi) is 4.19. The lowest BCUT2D eigenvalue weighted by atomic mass is 9.98. The average Bonchev–Trinajstić information content (AvgIpc) is 3.55. The van der Waals surface area contributed by atoms with Crippen LogP contribution >= 0.6 is 0 Å². The first-order chi connectivity index (χ1) is 16.1. The third kappa shape index (κ3) is 2.95. The molecular formula is C25H16N2O6. The quantitative estimate of drug-likeness (QED) is 0.471. The van der Waals surface area contributed by atoms with Crippen LogP contribution in [0.2, 0.25) is 0 Å². The van der Waals surface area contributed by atoms with Gasteiger partial charge in [0, 0.05) is 23.3 Å². The Balaban J connectivity index is 1.49. The van der Waals surface area contributed by atoms with Gasteiger partial charge in [0.1, 0.15) is 11.6 Å². The monoisotopic (exact) mass is 440 g/mol.